The van der Waals surface area contributed by atoms with E-state index in [4.69, 9.17) is 5.11 Å². The lowest BCUT2D eigenvalue weighted by molar-refractivity contribution is 0.0690. The van der Waals surface area contributed by atoms with Crippen LogP contribution in [0.3, 0.4) is 0 Å². The van der Waals surface area contributed by atoms with E-state index in [9.17, 15) is 4.79 Å². The largest absolute Gasteiger partial charge is 0.477 e. The molecule has 4 nitrogen and oxygen atoms in total. The Labute approximate surface area is 93.1 Å². The molecule has 1 unspecified atom stereocenters. The highest BCUT2D eigenvalue weighted by molar-refractivity contribution is 7.99. The van der Waals surface area contributed by atoms with Crippen LogP contribution in [0.15, 0.2) is 18.2 Å². The fourth-order valence-corrected chi connectivity index (χ4v) is 1.23. The van der Waals surface area contributed by atoms with E-state index in [-0.39, 0.29) is 5.69 Å². The van der Waals surface area contributed by atoms with Crippen LogP contribution in [0, 0.1) is 0 Å². The zero-order valence-corrected chi connectivity index (χ0v) is 9.54. The van der Waals surface area contributed by atoms with E-state index in [1.54, 1.807) is 23.9 Å². The minimum absolute atomic E-state index is 0.0665. The van der Waals surface area contributed by atoms with Gasteiger partial charge in [-0.1, -0.05) is 13.0 Å². The molecule has 0 fully saturated rings. The van der Waals surface area contributed by atoms with Gasteiger partial charge >= 0.3 is 5.97 Å². The van der Waals surface area contributed by atoms with Gasteiger partial charge in [0.15, 0.2) is 5.69 Å². The predicted molar refractivity (Wildman–Crippen MR) is 62.7 cm³/mol. The third-order valence-corrected chi connectivity index (χ3v) is 2.91. The fraction of sp³-hybridized carbons (Fsp3) is 0.400. The summed E-state index contributed by atoms with van der Waals surface area (Å²) in [6.07, 6.45) is 2.04. The van der Waals surface area contributed by atoms with Crippen LogP contribution in [0.2, 0.25) is 0 Å². The number of aromatic carboxylic acids is 1. The number of rotatable bonds is 5. The molecule has 0 radical (unpaired) electrons. The molecule has 1 aromatic heterocycles. The number of carbonyl (C=O) groups is 1. The average Bonchev–Trinajstić information content (AvgIpc) is 2.26. The van der Waals surface area contributed by atoms with Gasteiger partial charge in [0.2, 0.25) is 0 Å². The van der Waals surface area contributed by atoms with E-state index in [0.29, 0.717) is 11.1 Å². The van der Waals surface area contributed by atoms with Crippen molar-refractivity contribution >= 4 is 23.5 Å². The number of thioether (sulfide) groups is 1. The Hall–Kier alpha value is -1.23. The maximum atomic E-state index is 10.7. The van der Waals surface area contributed by atoms with Gasteiger partial charge in [0.1, 0.15) is 5.82 Å². The summed E-state index contributed by atoms with van der Waals surface area (Å²) in [6, 6.07) is 4.92. The van der Waals surface area contributed by atoms with Gasteiger partial charge in [-0.05, 0) is 18.4 Å². The van der Waals surface area contributed by atoms with Gasteiger partial charge in [-0.3, -0.25) is 0 Å². The molecule has 82 valence electrons. The number of hydrogen-bond acceptors (Lipinski definition) is 4. The van der Waals surface area contributed by atoms with Crippen LogP contribution < -0.4 is 5.32 Å². The number of carboxylic acid groups (broad SMARTS) is 1. The van der Waals surface area contributed by atoms with E-state index in [2.05, 4.69) is 17.2 Å². The molecule has 1 atom stereocenters. The lowest BCUT2D eigenvalue weighted by Gasteiger charge is -2.10. The Morgan fingerprint density at radius 3 is 3.00 bits per heavy atom. The summed E-state index contributed by atoms with van der Waals surface area (Å²) in [5.41, 5.74) is 0.0665. The van der Waals surface area contributed by atoms with Crippen molar-refractivity contribution < 1.29 is 9.90 Å². The van der Waals surface area contributed by atoms with Gasteiger partial charge in [-0.25, -0.2) is 9.78 Å². The average molecular weight is 226 g/mol. The number of hydrogen-bond donors (Lipinski definition) is 2. The minimum atomic E-state index is -1.00. The molecule has 0 saturated heterocycles. The normalized spacial score (nSPS) is 12.1. The van der Waals surface area contributed by atoms with Crippen molar-refractivity contribution in [3.8, 4) is 0 Å². The molecule has 0 amide bonds. The summed E-state index contributed by atoms with van der Waals surface area (Å²) in [4.78, 5) is 14.6. The number of nitrogens with one attached hydrogen (secondary N) is 1. The zero-order valence-electron chi connectivity index (χ0n) is 8.73. The molecule has 0 aliphatic heterocycles. The Bertz CT molecular complexity index is 344. The summed E-state index contributed by atoms with van der Waals surface area (Å²) in [7, 11) is 0. The Morgan fingerprint density at radius 2 is 2.40 bits per heavy atom. The minimum Gasteiger partial charge on any atom is -0.477 e. The Morgan fingerprint density at radius 1 is 1.67 bits per heavy atom. The monoisotopic (exact) mass is 226 g/mol. The van der Waals surface area contributed by atoms with Crippen molar-refractivity contribution in [2.45, 2.75) is 12.2 Å². The van der Waals surface area contributed by atoms with Gasteiger partial charge in [0.05, 0.1) is 0 Å². The molecular weight excluding hydrogens is 212 g/mol. The Balaban J connectivity index is 2.62. The molecule has 0 bridgehead atoms. The highest BCUT2D eigenvalue weighted by Gasteiger charge is 2.05. The number of aromatic nitrogens is 1. The first-order chi connectivity index (χ1) is 7.13. The van der Waals surface area contributed by atoms with Crippen molar-refractivity contribution in [3.63, 3.8) is 0 Å². The molecule has 0 aliphatic rings. The summed E-state index contributed by atoms with van der Waals surface area (Å²) in [5, 5.41) is 12.3. The number of carboxylic acids is 1. The molecule has 2 N–H and O–H groups in total. The quantitative estimate of drug-likeness (QED) is 0.803. The maximum absolute atomic E-state index is 10.7. The predicted octanol–water partition coefficient (Wildman–Crippen LogP) is 1.94. The van der Waals surface area contributed by atoms with Crippen LogP contribution in [0.4, 0.5) is 5.82 Å². The topological polar surface area (TPSA) is 62.2 Å². The number of anilines is 1. The third-order valence-electron chi connectivity index (χ3n) is 1.94. The molecule has 15 heavy (non-hydrogen) atoms. The van der Waals surface area contributed by atoms with Gasteiger partial charge in [0.25, 0.3) is 0 Å². The van der Waals surface area contributed by atoms with Gasteiger partial charge in [-0.15, -0.1) is 0 Å². The van der Waals surface area contributed by atoms with Gasteiger partial charge < -0.3 is 10.4 Å². The SMILES string of the molecule is CSC(C)CNc1cccc(C(=O)O)n1. The van der Waals surface area contributed by atoms with Crippen LogP contribution in [0.25, 0.3) is 0 Å². The molecule has 1 heterocycles. The van der Waals surface area contributed by atoms with Crippen LogP contribution >= 0.6 is 11.8 Å². The first-order valence-corrected chi connectivity index (χ1v) is 5.89. The van der Waals surface area contributed by atoms with Crippen molar-refractivity contribution in [2.24, 2.45) is 0 Å². The van der Waals surface area contributed by atoms with E-state index in [1.807, 2.05) is 6.26 Å². The van der Waals surface area contributed by atoms with Crippen molar-refractivity contribution in [2.75, 3.05) is 18.1 Å². The smallest absolute Gasteiger partial charge is 0.354 e. The summed E-state index contributed by atoms with van der Waals surface area (Å²) < 4.78 is 0. The molecule has 0 aromatic carbocycles. The van der Waals surface area contributed by atoms with E-state index >= 15 is 0 Å². The third kappa shape index (κ3) is 3.79. The van der Waals surface area contributed by atoms with Gasteiger partial charge in [-0.2, -0.15) is 11.8 Å². The van der Waals surface area contributed by atoms with E-state index < -0.39 is 5.97 Å². The fourth-order valence-electron chi connectivity index (χ4n) is 0.984. The standard InChI is InChI=1S/C10H14N2O2S/c1-7(15-2)6-11-9-5-3-4-8(12-9)10(13)14/h3-5,7H,6H2,1-2H3,(H,11,12)(H,13,14). The summed E-state index contributed by atoms with van der Waals surface area (Å²) in [6.45, 7) is 2.87. The van der Waals surface area contributed by atoms with Crippen LogP contribution in [0.5, 0.6) is 0 Å². The number of pyridine rings is 1. The summed E-state index contributed by atoms with van der Waals surface area (Å²) in [5.74, 6) is -0.396. The zero-order chi connectivity index (χ0) is 11.3. The molecule has 0 saturated carbocycles. The van der Waals surface area contributed by atoms with Crippen LogP contribution in [-0.4, -0.2) is 34.1 Å². The van der Waals surface area contributed by atoms with E-state index in [1.165, 1.54) is 6.07 Å². The molecule has 5 heteroatoms. The first-order valence-electron chi connectivity index (χ1n) is 4.60. The highest BCUT2D eigenvalue weighted by atomic mass is 32.2. The second-order valence-corrected chi connectivity index (χ2v) is 4.42. The van der Waals surface area contributed by atoms with Crippen molar-refractivity contribution in [1.29, 1.82) is 0 Å². The molecule has 1 aromatic rings. The molecular formula is C10H14N2O2S. The Kier molecular flexibility index (Phi) is 4.42. The van der Waals surface area contributed by atoms with Crippen molar-refractivity contribution in [3.05, 3.63) is 23.9 Å². The second kappa shape index (κ2) is 5.60. The first kappa shape index (κ1) is 11.8. The van der Waals surface area contributed by atoms with E-state index in [0.717, 1.165) is 6.54 Å². The van der Waals surface area contributed by atoms with Crippen LogP contribution in [0.1, 0.15) is 17.4 Å². The lowest BCUT2D eigenvalue weighted by Crippen LogP contribution is -2.14. The molecule has 0 spiro atoms. The number of nitrogens with zero attached hydrogens (tertiary/aromatic N) is 1. The maximum Gasteiger partial charge on any atom is 0.354 e. The molecule has 1 rings (SSSR count). The second-order valence-electron chi connectivity index (χ2n) is 3.14. The molecule has 0 aliphatic carbocycles. The van der Waals surface area contributed by atoms with Gasteiger partial charge in [0, 0.05) is 11.8 Å². The highest BCUT2D eigenvalue weighted by Crippen LogP contribution is 2.08. The lowest BCUT2D eigenvalue weighted by atomic mass is 10.3. The van der Waals surface area contributed by atoms with Crippen LogP contribution in [-0.2, 0) is 0 Å². The van der Waals surface area contributed by atoms with Crippen molar-refractivity contribution in [1.82, 2.24) is 4.98 Å². The summed E-state index contributed by atoms with van der Waals surface area (Å²) >= 11 is 1.75.